The van der Waals surface area contributed by atoms with E-state index in [0.29, 0.717) is 28.2 Å². The monoisotopic (exact) mass is 304 g/mol. The van der Waals surface area contributed by atoms with Gasteiger partial charge in [-0.05, 0) is 36.8 Å². The van der Waals surface area contributed by atoms with E-state index in [0.717, 1.165) is 0 Å². The molecule has 0 atom stereocenters. The Morgan fingerprint density at radius 1 is 0.955 bits per heavy atom. The zero-order valence-corrected chi connectivity index (χ0v) is 12.9. The van der Waals surface area contributed by atoms with Crippen LogP contribution >= 0.6 is 0 Å². The van der Waals surface area contributed by atoms with Gasteiger partial charge in [0, 0.05) is 11.1 Å². The molecule has 0 aromatic heterocycles. The van der Waals surface area contributed by atoms with Gasteiger partial charge in [-0.15, -0.1) is 0 Å². The van der Waals surface area contributed by atoms with Gasteiger partial charge in [0.2, 0.25) is 0 Å². The third kappa shape index (κ3) is 2.88. The van der Waals surface area contributed by atoms with Crippen molar-refractivity contribution in [2.45, 2.75) is 6.92 Å². The summed E-state index contributed by atoms with van der Waals surface area (Å²) in [7, 11) is 4.38. The van der Waals surface area contributed by atoms with Crippen molar-refractivity contribution in [3.05, 3.63) is 41.7 Å². The molecule has 0 aliphatic rings. The predicted molar refractivity (Wildman–Crippen MR) is 81.5 cm³/mol. The lowest BCUT2D eigenvalue weighted by molar-refractivity contribution is 0.101. The van der Waals surface area contributed by atoms with Gasteiger partial charge in [0.05, 0.1) is 21.3 Å². The minimum absolute atomic E-state index is 0.115. The van der Waals surface area contributed by atoms with Crippen molar-refractivity contribution in [3.8, 4) is 28.4 Å². The summed E-state index contributed by atoms with van der Waals surface area (Å²) in [4.78, 5) is 11.7. The van der Waals surface area contributed by atoms with Crippen LogP contribution in [0, 0.1) is 5.82 Å². The second-order valence-electron chi connectivity index (χ2n) is 4.66. The van der Waals surface area contributed by atoms with Crippen LogP contribution < -0.4 is 14.2 Å². The summed E-state index contributed by atoms with van der Waals surface area (Å²) in [5.41, 5.74) is 1.61. The normalized spacial score (nSPS) is 10.2. The highest BCUT2D eigenvalue weighted by molar-refractivity contribution is 5.97. The van der Waals surface area contributed by atoms with Crippen LogP contribution in [0.25, 0.3) is 11.1 Å². The summed E-state index contributed by atoms with van der Waals surface area (Å²) in [5.74, 6) is 0.404. The van der Waals surface area contributed by atoms with Crippen molar-refractivity contribution in [1.29, 1.82) is 0 Å². The molecule has 0 amide bonds. The van der Waals surface area contributed by atoms with E-state index in [2.05, 4.69) is 0 Å². The van der Waals surface area contributed by atoms with Crippen LogP contribution in [0.5, 0.6) is 17.2 Å². The number of rotatable bonds is 5. The third-order valence-corrected chi connectivity index (χ3v) is 3.35. The van der Waals surface area contributed by atoms with Crippen LogP contribution in [0.15, 0.2) is 30.3 Å². The van der Waals surface area contributed by atoms with Crippen LogP contribution in [0.2, 0.25) is 0 Å². The molecule has 0 radical (unpaired) electrons. The molecule has 0 aliphatic carbocycles. The molecule has 0 saturated carbocycles. The van der Waals surface area contributed by atoms with Crippen LogP contribution in [0.1, 0.15) is 17.3 Å². The van der Waals surface area contributed by atoms with Gasteiger partial charge in [-0.3, -0.25) is 4.79 Å². The first-order chi connectivity index (χ1) is 10.5. The molecule has 2 aromatic rings. The number of carbonyl (C=O) groups excluding carboxylic acids is 1. The first-order valence-corrected chi connectivity index (χ1v) is 6.62. The fourth-order valence-electron chi connectivity index (χ4n) is 2.22. The average molecular weight is 304 g/mol. The molecule has 0 bridgehead atoms. The number of hydrogen-bond acceptors (Lipinski definition) is 4. The molecule has 0 aliphatic heterocycles. The maximum absolute atomic E-state index is 13.9. The number of benzene rings is 2. The lowest BCUT2D eigenvalue weighted by Gasteiger charge is -2.15. The number of halogens is 1. The summed E-state index contributed by atoms with van der Waals surface area (Å²) < 4.78 is 29.5. The molecule has 116 valence electrons. The van der Waals surface area contributed by atoms with Crippen molar-refractivity contribution in [2.75, 3.05) is 21.3 Å². The fraction of sp³-hybridized carbons (Fsp3) is 0.235. The Labute approximate surface area is 128 Å². The van der Waals surface area contributed by atoms with Gasteiger partial charge in [-0.2, -0.15) is 0 Å². The van der Waals surface area contributed by atoms with E-state index in [9.17, 15) is 9.18 Å². The highest BCUT2D eigenvalue weighted by atomic mass is 19.1. The van der Waals surface area contributed by atoms with Crippen molar-refractivity contribution in [2.24, 2.45) is 0 Å². The maximum atomic E-state index is 13.9. The molecule has 2 rings (SSSR count). The smallest absolute Gasteiger partial charge is 0.168 e. The van der Waals surface area contributed by atoms with Gasteiger partial charge in [0.1, 0.15) is 0 Å². The van der Waals surface area contributed by atoms with E-state index in [1.807, 2.05) is 0 Å². The first-order valence-electron chi connectivity index (χ1n) is 6.62. The Hall–Kier alpha value is -2.56. The molecule has 4 nitrogen and oxygen atoms in total. The second-order valence-corrected chi connectivity index (χ2v) is 4.66. The highest BCUT2D eigenvalue weighted by Crippen LogP contribution is 2.40. The predicted octanol–water partition coefficient (Wildman–Crippen LogP) is 3.72. The summed E-state index contributed by atoms with van der Waals surface area (Å²) in [6.45, 7) is 1.46. The fourth-order valence-corrected chi connectivity index (χ4v) is 2.22. The highest BCUT2D eigenvalue weighted by Gasteiger charge is 2.17. The maximum Gasteiger partial charge on any atom is 0.168 e. The van der Waals surface area contributed by atoms with Crippen molar-refractivity contribution < 1.29 is 23.4 Å². The molecule has 2 aromatic carbocycles. The number of methoxy groups -OCH3 is 3. The second kappa shape index (κ2) is 6.47. The Kier molecular flexibility index (Phi) is 4.65. The Balaban J connectivity index is 2.69. The first kappa shape index (κ1) is 15.8. The van der Waals surface area contributed by atoms with Crippen molar-refractivity contribution >= 4 is 5.78 Å². The van der Waals surface area contributed by atoms with Crippen LogP contribution in [0.3, 0.4) is 0 Å². The minimum Gasteiger partial charge on any atom is -0.494 e. The SMILES string of the molecule is COc1ccc(-c2cc(C(C)=O)cc(OC)c2OC)cc1F. The van der Waals surface area contributed by atoms with Gasteiger partial charge in [0.15, 0.2) is 28.8 Å². The minimum atomic E-state index is -0.491. The van der Waals surface area contributed by atoms with Crippen LogP contribution in [-0.4, -0.2) is 27.1 Å². The molecule has 22 heavy (non-hydrogen) atoms. The molecule has 0 saturated heterocycles. The zero-order valence-electron chi connectivity index (χ0n) is 12.9. The lowest BCUT2D eigenvalue weighted by atomic mass is 9.99. The largest absolute Gasteiger partial charge is 0.494 e. The number of carbonyl (C=O) groups is 1. The molecular weight excluding hydrogens is 287 g/mol. The van der Waals surface area contributed by atoms with Crippen LogP contribution in [0.4, 0.5) is 4.39 Å². The van der Waals surface area contributed by atoms with E-state index in [-0.39, 0.29) is 11.5 Å². The summed E-state index contributed by atoms with van der Waals surface area (Å²) >= 11 is 0. The quantitative estimate of drug-likeness (QED) is 0.790. The number of ether oxygens (including phenoxy) is 3. The molecular formula is C17H17FO4. The van der Waals surface area contributed by atoms with Gasteiger partial charge in [-0.1, -0.05) is 6.07 Å². The van der Waals surface area contributed by atoms with Crippen molar-refractivity contribution in [3.63, 3.8) is 0 Å². The van der Waals surface area contributed by atoms with Gasteiger partial charge in [0.25, 0.3) is 0 Å². The Morgan fingerprint density at radius 2 is 1.64 bits per heavy atom. The van der Waals surface area contributed by atoms with E-state index >= 15 is 0 Å². The molecule has 0 fully saturated rings. The molecule has 0 heterocycles. The number of Topliss-reactive ketones (excluding diaryl/α,β-unsaturated/α-hetero) is 1. The lowest BCUT2D eigenvalue weighted by Crippen LogP contribution is -1.99. The summed E-state index contributed by atoms with van der Waals surface area (Å²) in [6.07, 6.45) is 0. The standard InChI is InChI=1S/C17H17FO4/c1-10(19)12-7-13(17(22-4)16(9-12)21-3)11-5-6-15(20-2)14(18)8-11/h5-9H,1-4H3. The van der Waals surface area contributed by atoms with Crippen LogP contribution in [-0.2, 0) is 0 Å². The van der Waals surface area contributed by atoms with E-state index in [4.69, 9.17) is 14.2 Å². The van der Waals surface area contributed by atoms with E-state index in [1.54, 1.807) is 18.2 Å². The topological polar surface area (TPSA) is 44.8 Å². The van der Waals surface area contributed by atoms with Gasteiger partial charge < -0.3 is 14.2 Å². The summed E-state index contributed by atoms with van der Waals surface area (Å²) in [6, 6.07) is 7.82. The third-order valence-electron chi connectivity index (χ3n) is 3.35. The number of ketones is 1. The Morgan fingerprint density at radius 3 is 2.14 bits per heavy atom. The molecule has 0 spiro atoms. The molecule has 0 N–H and O–H groups in total. The van der Waals surface area contributed by atoms with E-state index < -0.39 is 5.82 Å². The van der Waals surface area contributed by atoms with Gasteiger partial charge in [-0.25, -0.2) is 4.39 Å². The number of hydrogen-bond donors (Lipinski definition) is 0. The van der Waals surface area contributed by atoms with E-state index in [1.165, 1.54) is 40.4 Å². The Bertz CT molecular complexity index is 710. The summed E-state index contributed by atoms with van der Waals surface area (Å²) in [5, 5.41) is 0. The average Bonchev–Trinajstić information content (AvgIpc) is 2.53. The van der Waals surface area contributed by atoms with Crippen molar-refractivity contribution in [1.82, 2.24) is 0 Å². The van der Waals surface area contributed by atoms with Gasteiger partial charge >= 0.3 is 0 Å². The molecule has 5 heteroatoms. The molecule has 0 unspecified atom stereocenters. The zero-order chi connectivity index (χ0) is 16.3.